The molecular formula is C22H25BNO2. The van der Waals surface area contributed by atoms with Crippen molar-refractivity contribution >= 4 is 20.6 Å². The number of rotatable bonds is 5. The summed E-state index contributed by atoms with van der Waals surface area (Å²) >= 11 is 0. The van der Waals surface area contributed by atoms with Gasteiger partial charge in [-0.3, -0.25) is 0 Å². The molecule has 3 heterocycles. The highest BCUT2D eigenvalue weighted by atomic mass is 16.5. The number of benzene rings is 2. The number of piperidine rings is 3. The molecule has 1 N–H and O–H groups in total. The van der Waals surface area contributed by atoms with E-state index in [2.05, 4.69) is 41.3 Å². The predicted molar refractivity (Wildman–Crippen MR) is 107 cm³/mol. The molecule has 2 bridgehead atoms. The van der Waals surface area contributed by atoms with Crippen molar-refractivity contribution in [2.75, 3.05) is 26.2 Å². The van der Waals surface area contributed by atoms with Crippen LogP contribution in [0.15, 0.2) is 54.6 Å². The van der Waals surface area contributed by atoms with Gasteiger partial charge in [-0.05, 0) is 55.1 Å². The van der Waals surface area contributed by atoms with Gasteiger partial charge in [0.05, 0.1) is 0 Å². The molecule has 1 atom stereocenters. The van der Waals surface area contributed by atoms with Gasteiger partial charge < -0.3 is 14.7 Å². The van der Waals surface area contributed by atoms with E-state index in [1.54, 1.807) is 0 Å². The van der Waals surface area contributed by atoms with Crippen LogP contribution < -0.4 is 4.74 Å². The van der Waals surface area contributed by atoms with Gasteiger partial charge in [0.2, 0.25) is 0 Å². The van der Waals surface area contributed by atoms with E-state index >= 15 is 0 Å². The lowest BCUT2D eigenvalue weighted by molar-refractivity contribution is -0.131. The first-order valence-electron chi connectivity index (χ1n) is 9.12. The lowest BCUT2D eigenvalue weighted by Crippen LogP contribution is -2.61. The minimum atomic E-state index is -0.692. The van der Waals surface area contributed by atoms with Crippen molar-refractivity contribution in [3.63, 3.8) is 0 Å². The van der Waals surface area contributed by atoms with E-state index in [0.717, 1.165) is 43.8 Å². The van der Waals surface area contributed by atoms with E-state index in [-0.39, 0.29) is 8.41 Å². The molecule has 1 unspecified atom stereocenters. The molecule has 133 valence electrons. The zero-order valence-electron chi connectivity index (χ0n) is 15.1. The Labute approximate surface area is 157 Å². The summed E-state index contributed by atoms with van der Waals surface area (Å²) in [5.74, 6) is 1.20. The molecule has 0 amide bonds. The molecule has 2 aromatic rings. The molecule has 26 heavy (non-hydrogen) atoms. The molecule has 0 spiro atoms. The predicted octanol–water partition coefficient (Wildman–Crippen LogP) is 3.31. The molecule has 0 saturated carbocycles. The van der Waals surface area contributed by atoms with Crippen molar-refractivity contribution in [1.29, 1.82) is 0 Å². The third-order valence-electron chi connectivity index (χ3n) is 5.48. The van der Waals surface area contributed by atoms with Crippen LogP contribution in [0, 0.1) is 5.92 Å². The van der Waals surface area contributed by atoms with Crippen molar-refractivity contribution < 1.29 is 9.84 Å². The van der Waals surface area contributed by atoms with Gasteiger partial charge in [-0.2, -0.15) is 0 Å². The topological polar surface area (TPSA) is 32.7 Å². The van der Waals surface area contributed by atoms with E-state index in [1.807, 2.05) is 30.3 Å². The zero-order chi connectivity index (χ0) is 17.1. The molecule has 3 aliphatic heterocycles. The maximum absolute atomic E-state index is 10.9. The first-order chi connectivity index (χ1) is 12.2. The molecule has 4 heteroatoms. The number of nitrogens with zero attached hydrogens (tertiary/aromatic N) is 1. The largest absolute Gasteiger partial charge is 0.491 e. The Morgan fingerprint density at radius 1 is 0.962 bits per heavy atom. The Morgan fingerprint density at radius 3 is 2.15 bits per heavy atom. The second-order valence-electron chi connectivity index (χ2n) is 7.26. The van der Waals surface area contributed by atoms with Crippen molar-refractivity contribution in [1.82, 2.24) is 4.90 Å². The van der Waals surface area contributed by atoms with Crippen LogP contribution in [0.5, 0.6) is 5.75 Å². The Morgan fingerprint density at radius 2 is 1.58 bits per heavy atom. The van der Waals surface area contributed by atoms with Crippen LogP contribution in [0.25, 0.3) is 12.2 Å². The average molecular weight is 346 g/mol. The average Bonchev–Trinajstić information content (AvgIpc) is 2.67. The third-order valence-corrected chi connectivity index (χ3v) is 5.48. The Balaban J connectivity index is 0.00000196. The molecule has 0 aromatic heterocycles. The lowest BCUT2D eigenvalue weighted by Gasteiger charge is -2.49. The minimum absolute atomic E-state index is 0. The zero-order valence-corrected chi connectivity index (χ0v) is 15.1. The summed E-state index contributed by atoms with van der Waals surface area (Å²) in [6.45, 7) is 3.37. The summed E-state index contributed by atoms with van der Waals surface area (Å²) in [5, 5.41) is 10.9. The third kappa shape index (κ3) is 4.20. The Bertz CT molecular complexity index is 724. The maximum atomic E-state index is 10.9. The van der Waals surface area contributed by atoms with Crippen LogP contribution in [0.3, 0.4) is 0 Å². The lowest BCUT2D eigenvalue weighted by atomic mass is 9.76. The monoisotopic (exact) mass is 346 g/mol. The smallest absolute Gasteiger partial charge is 0.119 e. The standard InChI is InChI=1S/C22H25NO2.B/c24-22(16-23-14-12-20(22)13-15-23)17-25-21-10-8-19(9-11-21)7-6-18-4-2-1-3-5-18;/h1-11,20,24H,12-17H2;. The second-order valence-corrected chi connectivity index (χ2v) is 7.26. The summed E-state index contributed by atoms with van der Waals surface area (Å²) in [7, 11) is 0. The molecule has 3 nitrogen and oxygen atoms in total. The van der Waals surface area contributed by atoms with Gasteiger partial charge in [-0.25, -0.2) is 0 Å². The molecule has 5 rings (SSSR count). The fraction of sp³-hybridized carbons (Fsp3) is 0.364. The van der Waals surface area contributed by atoms with Crippen LogP contribution in [0.4, 0.5) is 0 Å². The van der Waals surface area contributed by atoms with Gasteiger partial charge in [-0.1, -0.05) is 54.6 Å². The van der Waals surface area contributed by atoms with Crippen LogP contribution in [0.2, 0.25) is 0 Å². The first kappa shape index (κ1) is 18.7. The summed E-state index contributed by atoms with van der Waals surface area (Å²) in [6.07, 6.45) is 6.37. The quantitative estimate of drug-likeness (QED) is 0.666. The van der Waals surface area contributed by atoms with E-state index < -0.39 is 5.60 Å². The number of ether oxygens (including phenoxy) is 1. The van der Waals surface area contributed by atoms with Gasteiger partial charge in [0.15, 0.2) is 0 Å². The Hall–Kier alpha value is -2.04. The summed E-state index contributed by atoms with van der Waals surface area (Å²) in [4.78, 5) is 2.35. The summed E-state index contributed by atoms with van der Waals surface area (Å²) in [5.41, 5.74) is 1.63. The van der Waals surface area contributed by atoms with E-state index in [4.69, 9.17) is 4.74 Å². The fourth-order valence-corrected chi connectivity index (χ4v) is 3.95. The van der Waals surface area contributed by atoms with E-state index in [0.29, 0.717) is 12.5 Å². The van der Waals surface area contributed by atoms with Gasteiger partial charge >= 0.3 is 0 Å². The highest BCUT2D eigenvalue weighted by Gasteiger charge is 2.45. The minimum Gasteiger partial charge on any atom is -0.491 e. The van der Waals surface area contributed by atoms with E-state index in [9.17, 15) is 5.11 Å². The molecule has 3 aliphatic rings. The van der Waals surface area contributed by atoms with Crippen molar-refractivity contribution in [3.8, 4) is 5.75 Å². The van der Waals surface area contributed by atoms with Crippen molar-refractivity contribution in [3.05, 3.63) is 65.7 Å². The highest BCUT2D eigenvalue weighted by molar-refractivity contribution is 5.75. The van der Waals surface area contributed by atoms with Gasteiger partial charge in [0.1, 0.15) is 18.0 Å². The normalized spacial score (nSPS) is 27.3. The number of fused-ring (bicyclic) bond motifs is 3. The highest BCUT2D eigenvalue weighted by Crippen LogP contribution is 2.36. The van der Waals surface area contributed by atoms with Gasteiger partial charge in [0, 0.05) is 15.0 Å². The molecule has 0 aliphatic carbocycles. The van der Waals surface area contributed by atoms with Crippen LogP contribution in [-0.2, 0) is 0 Å². The van der Waals surface area contributed by atoms with Gasteiger partial charge in [-0.15, -0.1) is 0 Å². The van der Waals surface area contributed by atoms with Crippen LogP contribution >= 0.6 is 0 Å². The Kier molecular flexibility index (Phi) is 5.85. The number of aliphatic hydroxyl groups is 1. The molecule has 3 radical (unpaired) electrons. The summed E-state index contributed by atoms with van der Waals surface area (Å²) < 4.78 is 5.92. The number of hydrogen-bond donors (Lipinski definition) is 1. The number of hydrogen-bond acceptors (Lipinski definition) is 3. The first-order valence-corrected chi connectivity index (χ1v) is 9.12. The van der Waals surface area contributed by atoms with E-state index in [1.165, 1.54) is 5.56 Å². The van der Waals surface area contributed by atoms with Crippen molar-refractivity contribution in [2.45, 2.75) is 18.4 Å². The van der Waals surface area contributed by atoms with Crippen LogP contribution in [0.1, 0.15) is 24.0 Å². The second kappa shape index (κ2) is 8.11. The molecule has 3 fully saturated rings. The van der Waals surface area contributed by atoms with Crippen molar-refractivity contribution in [2.24, 2.45) is 5.92 Å². The maximum Gasteiger partial charge on any atom is 0.119 e. The fourth-order valence-electron chi connectivity index (χ4n) is 3.95. The SMILES string of the molecule is OC1(COc2ccc(C=Cc3ccccc3)cc2)CN2CCC1CC2.[B]. The summed E-state index contributed by atoms with van der Waals surface area (Å²) in [6, 6.07) is 18.3. The molecule has 2 aromatic carbocycles. The van der Waals surface area contributed by atoms with Gasteiger partial charge in [0.25, 0.3) is 0 Å². The van der Waals surface area contributed by atoms with Crippen LogP contribution in [-0.4, -0.2) is 50.3 Å². The molecular weight excluding hydrogens is 321 g/mol. The molecule has 3 saturated heterocycles.